The van der Waals surface area contributed by atoms with Crippen molar-refractivity contribution in [1.82, 2.24) is 24.1 Å². The zero-order chi connectivity index (χ0) is 31.6. The summed E-state index contributed by atoms with van der Waals surface area (Å²) in [6.45, 7) is 0. The molecule has 48 heavy (non-hydrogen) atoms. The molecule has 0 aliphatic heterocycles. The standard InChI is InChI=1S/C43H27N5/c1-3-13-28(14-4-1)41-42(29-15-5-2-6-16-29)46-43-35(45-41)26-44-27-40(43)48-38-22-12-9-19-33(38)34-25-30(23-24-39(34)48)47-36-20-10-7-17-31(36)32-18-8-11-21-37(32)47/h1-27H. The quantitative estimate of drug-likeness (QED) is 0.198. The zero-order valence-corrected chi connectivity index (χ0v) is 25.8. The van der Waals surface area contributed by atoms with Crippen molar-refractivity contribution < 1.29 is 0 Å². The monoisotopic (exact) mass is 613 g/mol. The molecular formula is C43H27N5. The molecule has 224 valence electrons. The van der Waals surface area contributed by atoms with Gasteiger partial charge in [0.2, 0.25) is 0 Å². The average Bonchev–Trinajstić information content (AvgIpc) is 3.67. The summed E-state index contributed by atoms with van der Waals surface area (Å²) >= 11 is 0. The van der Waals surface area contributed by atoms with E-state index in [4.69, 9.17) is 15.0 Å². The number of hydrogen-bond acceptors (Lipinski definition) is 3. The molecule has 0 atom stereocenters. The van der Waals surface area contributed by atoms with Gasteiger partial charge in [0.15, 0.2) is 0 Å². The van der Waals surface area contributed by atoms with Crippen molar-refractivity contribution in [2.24, 2.45) is 0 Å². The second kappa shape index (κ2) is 10.5. The minimum absolute atomic E-state index is 0.749. The highest BCUT2D eigenvalue weighted by Crippen LogP contribution is 2.39. The summed E-state index contributed by atoms with van der Waals surface area (Å²) in [5, 5.41) is 4.84. The maximum Gasteiger partial charge on any atom is 0.117 e. The van der Waals surface area contributed by atoms with Crippen molar-refractivity contribution in [3.8, 4) is 33.9 Å². The molecule has 6 aromatic carbocycles. The van der Waals surface area contributed by atoms with E-state index in [1.165, 1.54) is 32.6 Å². The van der Waals surface area contributed by atoms with E-state index >= 15 is 0 Å². The molecule has 10 rings (SSSR count). The van der Waals surface area contributed by atoms with E-state index in [9.17, 15) is 0 Å². The Morgan fingerprint density at radius 3 is 1.52 bits per heavy atom. The number of aromatic nitrogens is 5. The molecule has 0 saturated heterocycles. The molecule has 5 heteroatoms. The molecule has 0 radical (unpaired) electrons. The largest absolute Gasteiger partial charge is 0.309 e. The van der Waals surface area contributed by atoms with Crippen LogP contribution in [0.3, 0.4) is 0 Å². The van der Waals surface area contributed by atoms with Crippen molar-refractivity contribution in [2.75, 3.05) is 0 Å². The minimum Gasteiger partial charge on any atom is -0.309 e. The molecule has 0 aliphatic carbocycles. The lowest BCUT2D eigenvalue weighted by atomic mass is 10.0. The van der Waals surface area contributed by atoms with E-state index in [1.807, 2.05) is 48.8 Å². The van der Waals surface area contributed by atoms with E-state index in [-0.39, 0.29) is 0 Å². The van der Waals surface area contributed by atoms with Gasteiger partial charge >= 0.3 is 0 Å². The Kier molecular flexibility index (Phi) is 5.81. The molecule has 0 unspecified atom stereocenters. The van der Waals surface area contributed by atoms with E-state index < -0.39 is 0 Å². The molecule has 4 aromatic heterocycles. The number of rotatable bonds is 4. The Balaban J connectivity index is 1.25. The van der Waals surface area contributed by atoms with Crippen molar-refractivity contribution in [2.45, 2.75) is 0 Å². The number of pyridine rings is 1. The first-order chi connectivity index (χ1) is 23.8. The van der Waals surface area contributed by atoms with Crippen LogP contribution in [0, 0.1) is 0 Å². The van der Waals surface area contributed by atoms with Crippen LogP contribution in [0.4, 0.5) is 0 Å². The van der Waals surface area contributed by atoms with Crippen LogP contribution >= 0.6 is 0 Å². The lowest BCUT2D eigenvalue weighted by Gasteiger charge is -2.14. The van der Waals surface area contributed by atoms with E-state index in [0.29, 0.717) is 0 Å². The van der Waals surface area contributed by atoms with Crippen LogP contribution in [-0.2, 0) is 0 Å². The summed E-state index contributed by atoms with van der Waals surface area (Å²) in [5.41, 5.74) is 11.9. The molecular weight excluding hydrogens is 587 g/mol. The van der Waals surface area contributed by atoms with Crippen LogP contribution in [0.15, 0.2) is 164 Å². The topological polar surface area (TPSA) is 48.5 Å². The van der Waals surface area contributed by atoms with Crippen LogP contribution < -0.4 is 0 Å². The number of benzene rings is 6. The molecule has 0 saturated carbocycles. The smallest absolute Gasteiger partial charge is 0.117 e. The van der Waals surface area contributed by atoms with Gasteiger partial charge in [0.25, 0.3) is 0 Å². The maximum atomic E-state index is 5.39. The molecule has 0 amide bonds. The van der Waals surface area contributed by atoms with Gasteiger partial charge in [0.05, 0.1) is 51.5 Å². The van der Waals surface area contributed by atoms with Crippen molar-refractivity contribution in [1.29, 1.82) is 0 Å². The fraction of sp³-hybridized carbons (Fsp3) is 0. The predicted octanol–water partition coefficient (Wildman–Crippen LogP) is 10.6. The highest BCUT2D eigenvalue weighted by molar-refractivity contribution is 6.12. The second-order valence-corrected chi connectivity index (χ2v) is 12.1. The summed E-state index contributed by atoms with van der Waals surface area (Å²) < 4.78 is 4.67. The summed E-state index contributed by atoms with van der Waals surface area (Å²) in [4.78, 5) is 15.3. The molecule has 10 aromatic rings. The van der Waals surface area contributed by atoms with Gasteiger partial charge in [-0.25, -0.2) is 9.97 Å². The predicted molar refractivity (Wildman–Crippen MR) is 197 cm³/mol. The second-order valence-electron chi connectivity index (χ2n) is 12.1. The SMILES string of the molecule is c1ccc(-c2nc3cncc(-n4c5ccccc5c5cc(-n6c7ccccc7c7ccccc76)ccc54)c3nc2-c2ccccc2)cc1. The molecule has 0 bridgehead atoms. The van der Waals surface area contributed by atoms with Gasteiger partial charge in [0, 0.05) is 38.4 Å². The zero-order valence-electron chi connectivity index (χ0n) is 25.8. The van der Waals surface area contributed by atoms with Gasteiger partial charge in [-0.2, -0.15) is 0 Å². The normalized spacial score (nSPS) is 11.8. The summed E-state index contributed by atoms with van der Waals surface area (Å²) in [7, 11) is 0. The van der Waals surface area contributed by atoms with Crippen molar-refractivity contribution in [3.63, 3.8) is 0 Å². The Morgan fingerprint density at radius 2 is 0.896 bits per heavy atom. The summed E-state index contributed by atoms with van der Waals surface area (Å²) in [6, 6.07) is 53.2. The molecule has 0 aliphatic rings. The molecule has 0 fully saturated rings. The third-order valence-electron chi connectivity index (χ3n) is 9.39. The third kappa shape index (κ3) is 3.94. The number of para-hydroxylation sites is 3. The number of hydrogen-bond donors (Lipinski definition) is 0. The van der Waals surface area contributed by atoms with Crippen molar-refractivity contribution in [3.05, 3.63) is 164 Å². The Hall–Kier alpha value is -6.59. The van der Waals surface area contributed by atoms with Crippen LogP contribution in [0.5, 0.6) is 0 Å². The van der Waals surface area contributed by atoms with Crippen LogP contribution in [-0.4, -0.2) is 24.1 Å². The first-order valence-corrected chi connectivity index (χ1v) is 16.1. The first-order valence-electron chi connectivity index (χ1n) is 16.1. The van der Waals surface area contributed by atoms with E-state index in [2.05, 4.69) is 124 Å². The first kappa shape index (κ1) is 26.6. The van der Waals surface area contributed by atoms with Gasteiger partial charge in [-0.15, -0.1) is 0 Å². The van der Waals surface area contributed by atoms with E-state index in [0.717, 1.165) is 56.0 Å². The number of fused-ring (bicyclic) bond motifs is 7. The summed E-state index contributed by atoms with van der Waals surface area (Å²) in [6.07, 6.45) is 3.74. The third-order valence-corrected chi connectivity index (χ3v) is 9.39. The lowest BCUT2D eigenvalue weighted by molar-refractivity contribution is 1.13. The maximum absolute atomic E-state index is 5.39. The minimum atomic E-state index is 0.749. The molecule has 4 heterocycles. The van der Waals surface area contributed by atoms with Gasteiger partial charge < -0.3 is 9.13 Å². The van der Waals surface area contributed by atoms with Gasteiger partial charge in [-0.05, 0) is 36.4 Å². The Bertz CT molecular complexity index is 2780. The number of nitrogens with zero attached hydrogens (tertiary/aromatic N) is 5. The van der Waals surface area contributed by atoms with Crippen LogP contribution in [0.25, 0.3) is 88.5 Å². The van der Waals surface area contributed by atoms with Crippen molar-refractivity contribution >= 4 is 54.6 Å². The average molecular weight is 614 g/mol. The van der Waals surface area contributed by atoms with Crippen LogP contribution in [0.2, 0.25) is 0 Å². The highest BCUT2D eigenvalue weighted by atomic mass is 15.0. The van der Waals surface area contributed by atoms with Crippen LogP contribution in [0.1, 0.15) is 0 Å². The van der Waals surface area contributed by atoms with E-state index in [1.54, 1.807) is 0 Å². The fourth-order valence-corrected chi connectivity index (χ4v) is 7.28. The molecule has 0 spiro atoms. The Morgan fingerprint density at radius 1 is 0.396 bits per heavy atom. The Labute approximate surface area is 276 Å². The highest BCUT2D eigenvalue weighted by Gasteiger charge is 2.20. The van der Waals surface area contributed by atoms with Gasteiger partial charge in [-0.1, -0.05) is 115 Å². The fourth-order valence-electron chi connectivity index (χ4n) is 7.28. The lowest BCUT2D eigenvalue weighted by Crippen LogP contribution is -2.02. The summed E-state index contributed by atoms with van der Waals surface area (Å²) in [5.74, 6) is 0. The van der Waals surface area contributed by atoms with Gasteiger partial charge in [-0.3, -0.25) is 4.98 Å². The van der Waals surface area contributed by atoms with Gasteiger partial charge in [0.1, 0.15) is 11.0 Å². The molecule has 5 nitrogen and oxygen atoms in total. The molecule has 0 N–H and O–H groups in total.